The predicted molar refractivity (Wildman–Crippen MR) is 134 cm³/mol. The summed E-state index contributed by atoms with van der Waals surface area (Å²) in [5.74, 6) is -0.669. The molecule has 3 aromatic carbocycles. The van der Waals surface area contributed by atoms with Crippen LogP contribution in [-0.2, 0) is 30.6 Å². The number of aryl methyl sites for hydroxylation is 1. The van der Waals surface area contributed by atoms with E-state index < -0.39 is 11.9 Å². The van der Waals surface area contributed by atoms with Crippen LogP contribution < -0.4 is 10.5 Å². The molecule has 1 aliphatic carbocycles. The van der Waals surface area contributed by atoms with Crippen LogP contribution in [0.15, 0.2) is 60.8 Å². The second kappa shape index (κ2) is 8.86. The number of hydrogen-bond acceptors (Lipinski definition) is 4. The van der Waals surface area contributed by atoms with Gasteiger partial charge in [0.1, 0.15) is 11.9 Å². The van der Waals surface area contributed by atoms with E-state index in [1.54, 1.807) is 6.92 Å². The van der Waals surface area contributed by atoms with Crippen molar-refractivity contribution in [3.8, 4) is 16.9 Å². The summed E-state index contributed by atoms with van der Waals surface area (Å²) in [5, 5.41) is 14.9. The Kier molecular flexibility index (Phi) is 5.74. The summed E-state index contributed by atoms with van der Waals surface area (Å²) < 4.78 is 8.52. The standard InChI is InChI=1S/C28H29N3O3/c1-3-31-26-9-8-21(13-22(26)16-30-31)24-11-18(10-17(2)28(32)33)12-25(29)27(24)34-23-14-19-6-4-5-7-20(19)15-23/h4-9,11-13,16-17,23H,3,10,14-15,29H2,1-2H3,(H,32,33). The molecule has 1 atom stereocenters. The van der Waals surface area contributed by atoms with Crippen LogP contribution in [-0.4, -0.2) is 27.0 Å². The number of nitrogens with zero attached hydrogens (tertiary/aromatic N) is 2. The SMILES string of the molecule is CCn1ncc2cc(-c3cc(CC(C)C(=O)O)cc(N)c3OC3Cc4ccccc4C3)ccc21. The van der Waals surface area contributed by atoms with E-state index in [0.29, 0.717) is 17.9 Å². The van der Waals surface area contributed by atoms with Crippen LogP contribution in [0.2, 0.25) is 0 Å². The van der Waals surface area contributed by atoms with Crippen molar-refractivity contribution in [3.63, 3.8) is 0 Å². The highest BCUT2D eigenvalue weighted by Gasteiger charge is 2.25. The summed E-state index contributed by atoms with van der Waals surface area (Å²) >= 11 is 0. The number of nitrogen functional groups attached to an aromatic ring is 1. The Hall–Kier alpha value is -3.80. The summed E-state index contributed by atoms with van der Waals surface area (Å²) in [6, 6.07) is 18.5. The number of carboxylic acid groups (broad SMARTS) is 1. The number of hydrogen-bond donors (Lipinski definition) is 2. The van der Waals surface area contributed by atoms with E-state index in [9.17, 15) is 9.90 Å². The Labute approximate surface area is 199 Å². The van der Waals surface area contributed by atoms with Crippen LogP contribution in [0.3, 0.4) is 0 Å². The minimum Gasteiger partial charge on any atom is -0.487 e. The van der Waals surface area contributed by atoms with Crippen molar-refractivity contribution in [1.29, 1.82) is 0 Å². The number of rotatable bonds is 7. The fourth-order valence-electron chi connectivity index (χ4n) is 4.89. The highest BCUT2D eigenvalue weighted by molar-refractivity contribution is 5.88. The molecular formula is C28H29N3O3. The van der Waals surface area contributed by atoms with Crippen molar-refractivity contribution in [1.82, 2.24) is 9.78 Å². The molecule has 0 bridgehead atoms. The van der Waals surface area contributed by atoms with E-state index in [0.717, 1.165) is 47.0 Å². The van der Waals surface area contributed by atoms with Crippen molar-refractivity contribution < 1.29 is 14.6 Å². The first kappa shape index (κ1) is 22.0. The van der Waals surface area contributed by atoms with Crippen molar-refractivity contribution in [2.24, 2.45) is 5.92 Å². The molecule has 0 spiro atoms. The number of aromatic nitrogens is 2. The van der Waals surface area contributed by atoms with Gasteiger partial charge in [-0.1, -0.05) is 37.3 Å². The number of ether oxygens (including phenoxy) is 1. The van der Waals surface area contributed by atoms with Gasteiger partial charge in [-0.3, -0.25) is 9.48 Å². The lowest BCUT2D eigenvalue weighted by atomic mass is 9.95. The van der Waals surface area contributed by atoms with Crippen LogP contribution >= 0.6 is 0 Å². The molecule has 34 heavy (non-hydrogen) atoms. The maximum atomic E-state index is 11.5. The topological polar surface area (TPSA) is 90.4 Å². The van der Waals surface area contributed by atoms with E-state index >= 15 is 0 Å². The average molecular weight is 456 g/mol. The summed E-state index contributed by atoms with van der Waals surface area (Å²) in [6.07, 6.45) is 3.96. The highest BCUT2D eigenvalue weighted by atomic mass is 16.5. The lowest BCUT2D eigenvalue weighted by Crippen LogP contribution is -2.18. The van der Waals surface area contributed by atoms with Crippen LogP contribution in [0.4, 0.5) is 5.69 Å². The minimum atomic E-state index is -0.822. The molecule has 6 heteroatoms. The smallest absolute Gasteiger partial charge is 0.306 e. The van der Waals surface area contributed by atoms with Gasteiger partial charge in [-0.2, -0.15) is 5.10 Å². The molecule has 6 nitrogen and oxygen atoms in total. The van der Waals surface area contributed by atoms with Gasteiger partial charge in [0, 0.05) is 30.3 Å². The molecule has 0 radical (unpaired) electrons. The third-order valence-corrected chi connectivity index (χ3v) is 6.69. The van der Waals surface area contributed by atoms with Gasteiger partial charge >= 0.3 is 5.97 Å². The molecule has 4 aromatic rings. The van der Waals surface area contributed by atoms with E-state index in [4.69, 9.17) is 10.5 Å². The molecule has 1 heterocycles. The lowest BCUT2D eigenvalue weighted by Gasteiger charge is -2.20. The minimum absolute atomic E-state index is 0.00816. The van der Waals surface area contributed by atoms with Crippen molar-refractivity contribution in [2.45, 2.75) is 45.8 Å². The first-order valence-electron chi connectivity index (χ1n) is 11.8. The second-order valence-electron chi connectivity index (χ2n) is 9.16. The van der Waals surface area contributed by atoms with Gasteiger partial charge in [-0.15, -0.1) is 0 Å². The number of aliphatic carboxylic acids is 1. The number of carbonyl (C=O) groups is 1. The van der Waals surface area contributed by atoms with E-state index in [1.807, 2.05) is 23.0 Å². The van der Waals surface area contributed by atoms with E-state index in [2.05, 4.69) is 54.5 Å². The van der Waals surface area contributed by atoms with Gasteiger partial charge in [-0.05, 0) is 59.9 Å². The van der Waals surface area contributed by atoms with Crippen LogP contribution in [0, 0.1) is 5.92 Å². The van der Waals surface area contributed by atoms with Crippen LogP contribution in [0.1, 0.15) is 30.5 Å². The quantitative estimate of drug-likeness (QED) is 0.378. The third-order valence-electron chi connectivity index (χ3n) is 6.69. The lowest BCUT2D eigenvalue weighted by molar-refractivity contribution is -0.141. The van der Waals surface area contributed by atoms with Crippen molar-refractivity contribution >= 4 is 22.6 Å². The second-order valence-corrected chi connectivity index (χ2v) is 9.16. The molecule has 0 saturated heterocycles. The fourth-order valence-corrected chi connectivity index (χ4v) is 4.89. The molecule has 3 N–H and O–H groups in total. The zero-order valence-corrected chi connectivity index (χ0v) is 19.5. The predicted octanol–water partition coefficient (Wildman–Crippen LogP) is 5.11. The zero-order valence-electron chi connectivity index (χ0n) is 19.5. The normalized spacial score (nSPS) is 14.3. The molecule has 1 unspecified atom stereocenters. The monoisotopic (exact) mass is 455 g/mol. The first-order chi connectivity index (χ1) is 16.4. The molecule has 5 rings (SSSR count). The summed E-state index contributed by atoms with van der Waals surface area (Å²) in [5.41, 5.74) is 13.5. The van der Waals surface area contributed by atoms with Crippen molar-refractivity contribution in [2.75, 3.05) is 5.73 Å². The third kappa shape index (κ3) is 4.12. The van der Waals surface area contributed by atoms with Crippen LogP contribution in [0.5, 0.6) is 5.75 Å². The summed E-state index contributed by atoms with van der Waals surface area (Å²) in [4.78, 5) is 11.5. The van der Waals surface area contributed by atoms with Gasteiger partial charge in [0.2, 0.25) is 0 Å². The van der Waals surface area contributed by atoms with Crippen molar-refractivity contribution in [3.05, 3.63) is 77.5 Å². The molecule has 174 valence electrons. The Morgan fingerprint density at radius 2 is 1.91 bits per heavy atom. The molecule has 1 aliphatic rings. The van der Waals surface area contributed by atoms with E-state index in [1.165, 1.54) is 11.1 Å². The van der Waals surface area contributed by atoms with Crippen LogP contribution in [0.25, 0.3) is 22.0 Å². The summed E-state index contributed by atoms with van der Waals surface area (Å²) in [7, 11) is 0. The number of carboxylic acids is 1. The maximum Gasteiger partial charge on any atom is 0.306 e. The van der Waals surface area contributed by atoms with Gasteiger partial charge in [-0.25, -0.2) is 0 Å². The van der Waals surface area contributed by atoms with Gasteiger partial charge in [0.25, 0.3) is 0 Å². The average Bonchev–Trinajstić information content (AvgIpc) is 3.43. The number of fused-ring (bicyclic) bond motifs is 2. The van der Waals surface area contributed by atoms with Gasteiger partial charge < -0.3 is 15.6 Å². The van der Waals surface area contributed by atoms with E-state index in [-0.39, 0.29) is 6.10 Å². The molecule has 0 saturated carbocycles. The largest absolute Gasteiger partial charge is 0.487 e. The molecule has 0 fully saturated rings. The Balaban J connectivity index is 1.55. The molecular weight excluding hydrogens is 426 g/mol. The number of benzene rings is 3. The Bertz CT molecular complexity index is 1350. The fraction of sp³-hybridized carbons (Fsp3) is 0.286. The summed E-state index contributed by atoms with van der Waals surface area (Å²) in [6.45, 7) is 4.58. The zero-order chi connectivity index (χ0) is 23.8. The Morgan fingerprint density at radius 3 is 2.59 bits per heavy atom. The van der Waals surface area contributed by atoms with Gasteiger partial charge in [0.15, 0.2) is 0 Å². The molecule has 1 aromatic heterocycles. The first-order valence-corrected chi connectivity index (χ1v) is 11.8. The Morgan fingerprint density at radius 1 is 1.18 bits per heavy atom. The van der Waals surface area contributed by atoms with Gasteiger partial charge in [0.05, 0.1) is 23.3 Å². The number of anilines is 1. The number of nitrogens with two attached hydrogens (primary N) is 1. The molecule has 0 amide bonds. The maximum absolute atomic E-state index is 11.5. The molecule has 0 aliphatic heterocycles. The highest BCUT2D eigenvalue weighted by Crippen LogP contribution is 2.40.